The molecule has 2 aromatic carbocycles. The molecule has 0 aromatic heterocycles. The summed E-state index contributed by atoms with van der Waals surface area (Å²) in [6, 6.07) is 14.1. The summed E-state index contributed by atoms with van der Waals surface area (Å²) in [5, 5.41) is 12.5. The van der Waals surface area contributed by atoms with Crippen molar-refractivity contribution in [3.05, 3.63) is 70.8 Å². The Balaban J connectivity index is 2.01. The van der Waals surface area contributed by atoms with Gasteiger partial charge in [0.15, 0.2) is 0 Å². The molecule has 27 heavy (non-hydrogen) atoms. The van der Waals surface area contributed by atoms with Crippen LogP contribution < -0.4 is 5.32 Å². The Morgan fingerprint density at radius 2 is 1.74 bits per heavy atom. The summed E-state index contributed by atoms with van der Waals surface area (Å²) in [5.74, 6) is 5.32. The fraction of sp³-hybridized carbons (Fsp3) is 0.273. The van der Waals surface area contributed by atoms with Crippen LogP contribution in [0.4, 0.5) is 0 Å². The van der Waals surface area contributed by atoms with Crippen LogP contribution in [0.25, 0.3) is 0 Å². The average Bonchev–Trinajstić information content (AvgIpc) is 2.64. The highest BCUT2D eigenvalue weighted by Gasteiger charge is 2.09. The zero-order chi connectivity index (χ0) is 20.0. The van der Waals surface area contributed by atoms with Gasteiger partial charge < -0.3 is 15.3 Å². The molecular weight excluding hydrogens is 340 g/mol. The molecule has 0 saturated heterocycles. The number of nitrogens with zero attached hydrogens (tertiary/aromatic N) is 1. The van der Waals surface area contributed by atoms with E-state index in [1.165, 1.54) is 4.90 Å². The van der Waals surface area contributed by atoms with E-state index in [4.69, 9.17) is 0 Å². The number of hydrogen-bond donors (Lipinski definition) is 2. The summed E-state index contributed by atoms with van der Waals surface area (Å²) < 4.78 is 0. The highest BCUT2D eigenvalue weighted by Crippen LogP contribution is 2.08. The van der Waals surface area contributed by atoms with Gasteiger partial charge >= 0.3 is 0 Å². The standard InChI is InChI=1S/C22H24N2O3/c1-22(2,27)13-12-16-6-5-7-19(14-16)20(25)23-15-17-8-10-18(11-9-17)21(26)24(3)4/h5-11,14,27H,15H2,1-4H3,(H,23,25). The smallest absolute Gasteiger partial charge is 0.253 e. The van der Waals surface area contributed by atoms with Crippen molar-refractivity contribution in [3.8, 4) is 11.8 Å². The van der Waals surface area contributed by atoms with Gasteiger partial charge in [-0.3, -0.25) is 9.59 Å². The van der Waals surface area contributed by atoms with Gasteiger partial charge in [0.2, 0.25) is 0 Å². The molecule has 0 fully saturated rings. The molecule has 0 aliphatic rings. The molecule has 0 spiro atoms. The lowest BCUT2D eigenvalue weighted by Crippen LogP contribution is -2.23. The Morgan fingerprint density at radius 3 is 2.33 bits per heavy atom. The molecule has 0 saturated carbocycles. The van der Waals surface area contributed by atoms with Crippen molar-refractivity contribution < 1.29 is 14.7 Å². The quantitative estimate of drug-likeness (QED) is 0.819. The van der Waals surface area contributed by atoms with Gasteiger partial charge in [-0.25, -0.2) is 0 Å². The fourth-order valence-electron chi connectivity index (χ4n) is 2.27. The van der Waals surface area contributed by atoms with Crippen molar-refractivity contribution in [1.82, 2.24) is 10.2 Å². The minimum absolute atomic E-state index is 0.0606. The summed E-state index contributed by atoms with van der Waals surface area (Å²) in [6.45, 7) is 3.57. The van der Waals surface area contributed by atoms with Crippen LogP contribution in [0, 0.1) is 11.8 Å². The molecule has 2 N–H and O–H groups in total. The molecule has 2 aromatic rings. The minimum atomic E-state index is -1.08. The molecule has 2 amide bonds. The lowest BCUT2D eigenvalue weighted by atomic mass is 10.1. The largest absolute Gasteiger partial charge is 0.378 e. The molecule has 140 valence electrons. The maximum atomic E-state index is 12.4. The number of hydrogen-bond acceptors (Lipinski definition) is 3. The third kappa shape index (κ3) is 6.28. The highest BCUT2D eigenvalue weighted by molar-refractivity contribution is 5.95. The summed E-state index contributed by atoms with van der Waals surface area (Å²) in [7, 11) is 3.41. The molecule has 0 atom stereocenters. The van der Waals surface area contributed by atoms with Gasteiger partial charge in [0, 0.05) is 37.3 Å². The molecule has 0 aliphatic heterocycles. The normalized spacial score (nSPS) is 10.6. The first-order chi connectivity index (χ1) is 12.7. The van der Waals surface area contributed by atoms with E-state index in [0.29, 0.717) is 23.2 Å². The molecule has 0 aliphatic carbocycles. The van der Waals surface area contributed by atoms with Crippen LogP contribution in [0.3, 0.4) is 0 Å². The summed E-state index contributed by atoms with van der Waals surface area (Å²) >= 11 is 0. The summed E-state index contributed by atoms with van der Waals surface area (Å²) in [4.78, 5) is 25.8. The SMILES string of the molecule is CN(C)C(=O)c1ccc(CNC(=O)c2cccc(C#CC(C)(C)O)c2)cc1. The molecule has 0 heterocycles. The Bertz CT molecular complexity index is 882. The van der Waals surface area contributed by atoms with Crippen molar-refractivity contribution in [2.24, 2.45) is 0 Å². The number of aliphatic hydroxyl groups is 1. The Morgan fingerprint density at radius 1 is 1.07 bits per heavy atom. The third-order valence-electron chi connectivity index (χ3n) is 3.70. The minimum Gasteiger partial charge on any atom is -0.378 e. The van der Waals surface area contributed by atoms with Crippen LogP contribution in [0.5, 0.6) is 0 Å². The number of nitrogens with one attached hydrogen (secondary N) is 1. The van der Waals surface area contributed by atoms with Gasteiger partial charge in [-0.15, -0.1) is 0 Å². The molecule has 2 rings (SSSR count). The van der Waals surface area contributed by atoms with Gasteiger partial charge in [0.05, 0.1) is 0 Å². The predicted octanol–water partition coefficient (Wildman–Crippen LogP) is 2.44. The lowest BCUT2D eigenvalue weighted by molar-refractivity contribution is 0.0827. The monoisotopic (exact) mass is 364 g/mol. The van der Waals surface area contributed by atoms with E-state index >= 15 is 0 Å². The highest BCUT2D eigenvalue weighted by atomic mass is 16.3. The first-order valence-corrected chi connectivity index (χ1v) is 8.60. The van der Waals surface area contributed by atoms with Crippen LogP contribution in [0.2, 0.25) is 0 Å². The van der Waals surface area contributed by atoms with E-state index in [2.05, 4.69) is 17.2 Å². The van der Waals surface area contributed by atoms with E-state index < -0.39 is 5.60 Å². The van der Waals surface area contributed by atoms with Gasteiger partial charge in [-0.1, -0.05) is 30.0 Å². The van der Waals surface area contributed by atoms with E-state index in [-0.39, 0.29) is 11.8 Å². The average molecular weight is 364 g/mol. The lowest BCUT2D eigenvalue weighted by Gasteiger charge is -2.11. The first-order valence-electron chi connectivity index (χ1n) is 8.60. The van der Waals surface area contributed by atoms with Crippen LogP contribution in [0.1, 0.15) is 45.7 Å². The predicted molar refractivity (Wildman–Crippen MR) is 105 cm³/mol. The first kappa shape index (κ1) is 20.2. The molecule has 0 radical (unpaired) electrons. The third-order valence-corrected chi connectivity index (χ3v) is 3.70. The van der Waals surface area contributed by atoms with E-state index in [1.54, 1.807) is 64.3 Å². The van der Waals surface area contributed by atoms with Crippen molar-refractivity contribution in [1.29, 1.82) is 0 Å². The van der Waals surface area contributed by atoms with E-state index in [9.17, 15) is 14.7 Å². The van der Waals surface area contributed by atoms with E-state index in [0.717, 1.165) is 5.56 Å². The summed E-state index contributed by atoms with van der Waals surface area (Å²) in [6.07, 6.45) is 0. The van der Waals surface area contributed by atoms with Crippen LogP contribution in [-0.4, -0.2) is 41.5 Å². The fourth-order valence-corrected chi connectivity index (χ4v) is 2.27. The van der Waals surface area contributed by atoms with E-state index in [1.807, 2.05) is 12.1 Å². The Labute approximate surface area is 160 Å². The second-order valence-corrected chi connectivity index (χ2v) is 6.97. The number of carbonyl (C=O) groups is 2. The van der Waals surface area contributed by atoms with Gasteiger partial charge in [-0.05, 0) is 49.7 Å². The van der Waals surface area contributed by atoms with Crippen molar-refractivity contribution in [2.45, 2.75) is 26.0 Å². The van der Waals surface area contributed by atoms with Crippen LogP contribution in [-0.2, 0) is 6.54 Å². The van der Waals surface area contributed by atoms with Crippen molar-refractivity contribution >= 4 is 11.8 Å². The zero-order valence-electron chi connectivity index (χ0n) is 16.0. The van der Waals surface area contributed by atoms with Crippen molar-refractivity contribution in [2.75, 3.05) is 14.1 Å². The second-order valence-electron chi connectivity index (χ2n) is 6.97. The number of carbonyl (C=O) groups excluding carboxylic acids is 2. The van der Waals surface area contributed by atoms with Crippen molar-refractivity contribution in [3.63, 3.8) is 0 Å². The van der Waals surface area contributed by atoms with Gasteiger partial charge in [0.1, 0.15) is 5.60 Å². The maximum absolute atomic E-state index is 12.4. The molecule has 5 heteroatoms. The molecule has 0 bridgehead atoms. The molecular formula is C22H24N2O3. The number of rotatable bonds is 4. The summed E-state index contributed by atoms with van der Waals surface area (Å²) in [5.41, 5.74) is 1.58. The Kier molecular flexibility index (Phi) is 6.38. The van der Waals surface area contributed by atoms with Gasteiger partial charge in [-0.2, -0.15) is 0 Å². The topological polar surface area (TPSA) is 69.6 Å². The van der Waals surface area contributed by atoms with Gasteiger partial charge in [0.25, 0.3) is 11.8 Å². The molecule has 0 unspecified atom stereocenters. The second kappa shape index (κ2) is 8.52. The van der Waals surface area contributed by atoms with Crippen LogP contribution in [0.15, 0.2) is 48.5 Å². The number of benzene rings is 2. The number of amides is 2. The van der Waals surface area contributed by atoms with Crippen LogP contribution >= 0.6 is 0 Å². The Hall–Kier alpha value is -3.10. The zero-order valence-corrected chi connectivity index (χ0v) is 16.0. The maximum Gasteiger partial charge on any atom is 0.253 e. The molecule has 5 nitrogen and oxygen atoms in total.